The molecule has 0 aliphatic carbocycles. The first-order chi connectivity index (χ1) is 13.6. The van der Waals surface area contributed by atoms with Crippen molar-refractivity contribution < 1.29 is 9.18 Å². The molecule has 0 bridgehead atoms. The summed E-state index contributed by atoms with van der Waals surface area (Å²) in [6.45, 7) is 0. The summed E-state index contributed by atoms with van der Waals surface area (Å²) in [4.78, 5) is 18.0. The van der Waals surface area contributed by atoms with Crippen molar-refractivity contribution in [2.45, 2.75) is 0 Å². The van der Waals surface area contributed by atoms with Crippen LogP contribution in [-0.4, -0.2) is 10.9 Å². The van der Waals surface area contributed by atoms with Crippen LogP contribution >= 0.6 is 22.9 Å². The molecule has 0 radical (unpaired) electrons. The summed E-state index contributed by atoms with van der Waals surface area (Å²) in [6.07, 6.45) is 0. The molecule has 1 N–H and O–H groups in total. The van der Waals surface area contributed by atoms with Crippen molar-refractivity contribution in [2.24, 2.45) is 0 Å². The highest BCUT2D eigenvalue weighted by molar-refractivity contribution is 7.19. The topological polar surface area (TPSA) is 42.0 Å². The van der Waals surface area contributed by atoms with Crippen molar-refractivity contribution >= 4 is 34.0 Å². The van der Waals surface area contributed by atoms with Crippen LogP contribution in [0.5, 0.6) is 0 Å². The van der Waals surface area contributed by atoms with Crippen LogP contribution in [0.3, 0.4) is 0 Å². The minimum atomic E-state index is -0.572. The highest BCUT2D eigenvalue weighted by Gasteiger charge is 2.18. The van der Waals surface area contributed by atoms with Gasteiger partial charge in [0.15, 0.2) is 5.13 Å². The average Bonchev–Trinajstić information content (AvgIpc) is 3.13. The van der Waals surface area contributed by atoms with E-state index in [9.17, 15) is 9.18 Å². The van der Waals surface area contributed by atoms with E-state index in [0.717, 1.165) is 21.7 Å². The number of carbonyl (C=O) groups is 1. The highest BCUT2D eigenvalue weighted by Crippen LogP contribution is 2.39. The number of hydrogen-bond donors (Lipinski definition) is 1. The van der Waals surface area contributed by atoms with Gasteiger partial charge in [0, 0.05) is 10.6 Å². The first kappa shape index (κ1) is 18.3. The van der Waals surface area contributed by atoms with Gasteiger partial charge in [-0.15, -0.1) is 0 Å². The number of amides is 1. The molecule has 0 saturated carbocycles. The third-order valence-corrected chi connectivity index (χ3v) is 5.39. The van der Waals surface area contributed by atoms with Gasteiger partial charge in [0.25, 0.3) is 5.91 Å². The summed E-state index contributed by atoms with van der Waals surface area (Å²) >= 11 is 7.34. The van der Waals surface area contributed by atoms with Crippen LogP contribution in [0.15, 0.2) is 78.9 Å². The largest absolute Gasteiger partial charge is 0.298 e. The Morgan fingerprint density at radius 1 is 0.893 bits per heavy atom. The maximum atomic E-state index is 13.9. The van der Waals surface area contributed by atoms with Gasteiger partial charge in [-0.1, -0.05) is 77.5 Å². The predicted octanol–water partition coefficient (Wildman–Crippen LogP) is 6.52. The number of carbonyl (C=O) groups excluding carboxylic acids is 1. The number of benzene rings is 3. The molecule has 1 aromatic heterocycles. The van der Waals surface area contributed by atoms with E-state index in [0.29, 0.717) is 10.2 Å². The minimum absolute atomic E-state index is 0.0213. The first-order valence-corrected chi connectivity index (χ1v) is 9.69. The standard InChI is InChI=1S/C22H14ClFN2OS/c23-16-12-10-14(11-13-16)19-20(15-6-2-1-3-7-15)28-22(25-19)26-21(27)17-8-4-5-9-18(17)24/h1-13H,(H,25,26,27). The van der Waals surface area contributed by atoms with Gasteiger partial charge in [-0.3, -0.25) is 10.1 Å². The van der Waals surface area contributed by atoms with Crippen LogP contribution in [0.25, 0.3) is 21.7 Å². The molecule has 0 atom stereocenters. The Morgan fingerprint density at radius 2 is 1.57 bits per heavy atom. The van der Waals surface area contributed by atoms with Crippen molar-refractivity contribution in [2.75, 3.05) is 5.32 Å². The van der Waals surface area contributed by atoms with Gasteiger partial charge in [0.05, 0.1) is 16.1 Å². The zero-order chi connectivity index (χ0) is 19.5. The van der Waals surface area contributed by atoms with E-state index in [-0.39, 0.29) is 5.56 Å². The van der Waals surface area contributed by atoms with Gasteiger partial charge in [-0.25, -0.2) is 9.37 Å². The van der Waals surface area contributed by atoms with Crippen molar-refractivity contribution in [3.63, 3.8) is 0 Å². The summed E-state index contributed by atoms with van der Waals surface area (Å²) in [5.41, 5.74) is 2.57. The van der Waals surface area contributed by atoms with Crippen LogP contribution in [0.2, 0.25) is 5.02 Å². The summed E-state index contributed by atoms with van der Waals surface area (Å²) in [5, 5.41) is 3.75. The Bertz CT molecular complexity index is 1130. The number of thiazole rings is 1. The summed E-state index contributed by atoms with van der Waals surface area (Å²) in [5.74, 6) is -1.10. The molecule has 0 aliphatic heterocycles. The molecule has 4 aromatic rings. The van der Waals surface area contributed by atoms with Gasteiger partial charge in [0.2, 0.25) is 0 Å². The smallest absolute Gasteiger partial charge is 0.260 e. The van der Waals surface area contributed by atoms with Crippen LogP contribution in [0.4, 0.5) is 9.52 Å². The van der Waals surface area contributed by atoms with Crippen molar-refractivity contribution in [3.05, 3.63) is 95.3 Å². The lowest BCUT2D eigenvalue weighted by Crippen LogP contribution is -2.13. The lowest BCUT2D eigenvalue weighted by Gasteiger charge is -2.03. The number of hydrogen-bond acceptors (Lipinski definition) is 3. The van der Waals surface area contributed by atoms with Gasteiger partial charge in [0.1, 0.15) is 5.82 Å². The van der Waals surface area contributed by atoms with E-state index in [2.05, 4.69) is 10.3 Å². The third kappa shape index (κ3) is 3.81. The van der Waals surface area contributed by atoms with Gasteiger partial charge in [-0.2, -0.15) is 0 Å². The molecule has 4 rings (SSSR count). The van der Waals surface area contributed by atoms with Crippen molar-refractivity contribution in [1.29, 1.82) is 0 Å². The lowest BCUT2D eigenvalue weighted by molar-refractivity contribution is 0.102. The fraction of sp³-hybridized carbons (Fsp3) is 0. The Hall–Kier alpha value is -3.02. The Balaban J connectivity index is 1.74. The van der Waals surface area contributed by atoms with E-state index in [4.69, 9.17) is 11.6 Å². The third-order valence-electron chi connectivity index (χ3n) is 4.12. The summed E-state index contributed by atoms with van der Waals surface area (Å²) < 4.78 is 13.9. The monoisotopic (exact) mass is 408 g/mol. The molecule has 1 heterocycles. The second-order valence-corrected chi connectivity index (χ2v) is 7.44. The van der Waals surface area contributed by atoms with Crippen molar-refractivity contribution in [3.8, 4) is 21.7 Å². The first-order valence-electron chi connectivity index (χ1n) is 8.50. The van der Waals surface area contributed by atoms with Crippen LogP contribution < -0.4 is 5.32 Å². The molecule has 6 heteroatoms. The number of nitrogens with one attached hydrogen (secondary N) is 1. The Kier molecular flexibility index (Phi) is 5.19. The molecule has 0 spiro atoms. The molecule has 0 unspecified atom stereocenters. The summed E-state index contributed by atoms with van der Waals surface area (Å²) in [6, 6.07) is 23.0. The van der Waals surface area contributed by atoms with Gasteiger partial charge < -0.3 is 0 Å². The zero-order valence-electron chi connectivity index (χ0n) is 14.5. The lowest BCUT2D eigenvalue weighted by atomic mass is 10.1. The molecule has 0 fully saturated rings. The molecular weight excluding hydrogens is 395 g/mol. The van der Waals surface area contributed by atoms with Crippen LogP contribution in [-0.2, 0) is 0 Å². The van der Waals surface area contributed by atoms with Gasteiger partial charge >= 0.3 is 0 Å². The van der Waals surface area contributed by atoms with E-state index in [1.807, 2.05) is 42.5 Å². The fourth-order valence-corrected chi connectivity index (χ4v) is 3.89. The molecule has 0 saturated heterocycles. The molecule has 1 amide bonds. The number of aromatic nitrogens is 1. The molecule has 3 nitrogen and oxygen atoms in total. The normalized spacial score (nSPS) is 10.6. The Morgan fingerprint density at radius 3 is 2.29 bits per heavy atom. The molecule has 28 heavy (non-hydrogen) atoms. The molecular formula is C22H14ClFN2OS. The maximum Gasteiger partial charge on any atom is 0.260 e. The SMILES string of the molecule is O=C(Nc1nc(-c2ccc(Cl)cc2)c(-c2ccccc2)s1)c1ccccc1F. The minimum Gasteiger partial charge on any atom is -0.298 e. The van der Waals surface area contributed by atoms with Crippen LogP contribution in [0.1, 0.15) is 10.4 Å². The quantitative estimate of drug-likeness (QED) is 0.417. The maximum absolute atomic E-state index is 13.9. The summed E-state index contributed by atoms with van der Waals surface area (Å²) in [7, 11) is 0. The fourth-order valence-electron chi connectivity index (χ4n) is 2.77. The van der Waals surface area contributed by atoms with E-state index < -0.39 is 11.7 Å². The van der Waals surface area contributed by atoms with E-state index in [1.165, 1.54) is 23.5 Å². The number of halogens is 2. The molecule has 3 aromatic carbocycles. The molecule has 138 valence electrons. The van der Waals surface area contributed by atoms with Crippen molar-refractivity contribution in [1.82, 2.24) is 4.98 Å². The van der Waals surface area contributed by atoms with Gasteiger partial charge in [-0.05, 0) is 29.8 Å². The average molecular weight is 409 g/mol. The number of anilines is 1. The predicted molar refractivity (Wildman–Crippen MR) is 112 cm³/mol. The second-order valence-electron chi connectivity index (χ2n) is 6.00. The second kappa shape index (κ2) is 7.92. The highest BCUT2D eigenvalue weighted by atomic mass is 35.5. The van der Waals surface area contributed by atoms with E-state index in [1.54, 1.807) is 24.3 Å². The van der Waals surface area contributed by atoms with E-state index >= 15 is 0 Å². The number of rotatable bonds is 4. The van der Waals surface area contributed by atoms with Crippen LogP contribution in [0, 0.1) is 5.82 Å². The Labute approximate surface area is 170 Å². The number of nitrogens with zero attached hydrogens (tertiary/aromatic N) is 1. The zero-order valence-corrected chi connectivity index (χ0v) is 16.1. The molecule has 0 aliphatic rings.